The third-order valence-corrected chi connectivity index (χ3v) is 2.70. The highest BCUT2D eigenvalue weighted by Gasteiger charge is 2.52. The molecule has 1 fully saturated rings. The van der Waals surface area contributed by atoms with Gasteiger partial charge in [0.1, 0.15) is 0 Å². The van der Waals surface area contributed by atoms with E-state index in [1.165, 1.54) is 0 Å². The molecule has 0 radical (unpaired) electrons. The molecule has 1 N–H and O–H groups in total. The van der Waals surface area contributed by atoms with Crippen molar-refractivity contribution in [2.24, 2.45) is 5.92 Å². The number of methoxy groups -OCH3 is 1. The molecule has 1 heterocycles. The van der Waals surface area contributed by atoms with Gasteiger partial charge in [-0.15, -0.1) is 0 Å². The Morgan fingerprint density at radius 1 is 1.69 bits per heavy atom. The first-order chi connectivity index (χ1) is 6.18. The van der Waals surface area contributed by atoms with Crippen LogP contribution in [0, 0.1) is 5.92 Å². The van der Waals surface area contributed by atoms with Crippen molar-refractivity contribution in [3.05, 3.63) is 23.9 Å². The molecule has 1 saturated carbocycles. The van der Waals surface area contributed by atoms with Crippen LogP contribution >= 0.6 is 0 Å². The van der Waals surface area contributed by atoms with E-state index >= 15 is 0 Å². The molecule has 2 atom stereocenters. The quantitative estimate of drug-likeness (QED) is 0.744. The summed E-state index contributed by atoms with van der Waals surface area (Å²) in [6.45, 7) is 2.02. The van der Waals surface area contributed by atoms with Crippen LogP contribution in [0.15, 0.2) is 18.3 Å². The van der Waals surface area contributed by atoms with Gasteiger partial charge in [0.15, 0.2) is 0 Å². The zero-order chi connectivity index (χ0) is 9.47. The van der Waals surface area contributed by atoms with Crippen molar-refractivity contribution < 1.29 is 9.84 Å². The van der Waals surface area contributed by atoms with E-state index in [1.807, 2.05) is 19.1 Å². The Balaban J connectivity index is 2.40. The summed E-state index contributed by atoms with van der Waals surface area (Å²) < 4.78 is 5.09. The molecule has 70 valence electrons. The predicted molar refractivity (Wildman–Crippen MR) is 48.5 cm³/mol. The Hall–Kier alpha value is -1.09. The lowest BCUT2D eigenvalue weighted by Crippen LogP contribution is -2.10. The molecule has 0 saturated heterocycles. The van der Waals surface area contributed by atoms with Crippen molar-refractivity contribution in [3.63, 3.8) is 0 Å². The highest BCUT2D eigenvalue weighted by atomic mass is 16.5. The molecule has 0 spiro atoms. The average Bonchev–Trinajstić information content (AvgIpc) is 2.76. The van der Waals surface area contributed by atoms with Crippen LogP contribution in [0.3, 0.4) is 0 Å². The minimum absolute atomic E-state index is 0.311. The van der Waals surface area contributed by atoms with E-state index in [0.717, 1.165) is 12.0 Å². The van der Waals surface area contributed by atoms with Crippen LogP contribution in [-0.2, 0) is 5.60 Å². The first kappa shape index (κ1) is 8.51. The molecule has 2 rings (SSSR count). The number of ether oxygens (including phenoxy) is 1. The van der Waals surface area contributed by atoms with Crippen LogP contribution in [0.25, 0.3) is 0 Å². The van der Waals surface area contributed by atoms with Gasteiger partial charge >= 0.3 is 0 Å². The summed E-state index contributed by atoms with van der Waals surface area (Å²) >= 11 is 0. The number of hydrogen-bond acceptors (Lipinski definition) is 3. The second-order valence-electron chi connectivity index (χ2n) is 3.59. The zero-order valence-electron chi connectivity index (χ0n) is 7.82. The number of pyridine rings is 1. The molecule has 2 unspecified atom stereocenters. The standard InChI is InChI=1S/C10H13NO2/c1-7-6-10(7,12)8-4-3-5-11-9(8)13-2/h3-5,7,12H,6H2,1-2H3. The van der Waals surface area contributed by atoms with Gasteiger partial charge in [-0.2, -0.15) is 0 Å². The number of nitrogens with zero attached hydrogens (tertiary/aromatic N) is 1. The molecule has 13 heavy (non-hydrogen) atoms. The summed E-state index contributed by atoms with van der Waals surface area (Å²) in [5.74, 6) is 0.847. The second kappa shape index (κ2) is 2.70. The lowest BCUT2D eigenvalue weighted by atomic mass is 10.1. The predicted octanol–water partition coefficient (Wildman–Crippen LogP) is 1.32. The van der Waals surface area contributed by atoms with Crippen LogP contribution in [0.2, 0.25) is 0 Å². The van der Waals surface area contributed by atoms with E-state index in [0.29, 0.717) is 11.8 Å². The summed E-state index contributed by atoms with van der Waals surface area (Å²) in [6, 6.07) is 3.69. The van der Waals surface area contributed by atoms with Crippen LogP contribution in [0.1, 0.15) is 18.9 Å². The summed E-state index contributed by atoms with van der Waals surface area (Å²) in [5.41, 5.74) is 0.115. The maximum atomic E-state index is 10.1. The van der Waals surface area contributed by atoms with Crippen molar-refractivity contribution in [1.29, 1.82) is 0 Å². The van der Waals surface area contributed by atoms with Gasteiger partial charge in [-0.05, 0) is 24.5 Å². The zero-order valence-corrected chi connectivity index (χ0v) is 7.82. The van der Waals surface area contributed by atoms with E-state index in [1.54, 1.807) is 13.3 Å². The minimum atomic E-state index is -0.695. The van der Waals surface area contributed by atoms with Crippen LogP contribution in [0.4, 0.5) is 0 Å². The molecule has 0 amide bonds. The van der Waals surface area contributed by atoms with Gasteiger partial charge in [0.25, 0.3) is 0 Å². The normalized spacial score (nSPS) is 31.5. The molecule has 1 aliphatic rings. The third kappa shape index (κ3) is 1.20. The maximum absolute atomic E-state index is 10.1. The number of aliphatic hydroxyl groups is 1. The van der Waals surface area contributed by atoms with Crippen LogP contribution < -0.4 is 4.74 Å². The topological polar surface area (TPSA) is 42.4 Å². The highest BCUT2D eigenvalue weighted by molar-refractivity contribution is 5.36. The van der Waals surface area contributed by atoms with Crippen molar-refractivity contribution in [2.75, 3.05) is 7.11 Å². The fourth-order valence-electron chi connectivity index (χ4n) is 1.67. The minimum Gasteiger partial charge on any atom is -0.481 e. The average molecular weight is 179 g/mol. The van der Waals surface area contributed by atoms with E-state index in [4.69, 9.17) is 4.74 Å². The molecular formula is C10H13NO2. The summed E-state index contributed by atoms with van der Waals surface area (Å²) in [6.07, 6.45) is 2.47. The maximum Gasteiger partial charge on any atom is 0.219 e. The Bertz CT molecular complexity index is 326. The van der Waals surface area contributed by atoms with Crippen molar-refractivity contribution in [1.82, 2.24) is 4.98 Å². The fourth-order valence-corrected chi connectivity index (χ4v) is 1.67. The van der Waals surface area contributed by atoms with Gasteiger partial charge in [0.05, 0.1) is 12.7 Å². The molecule has 0 aliphatic heterocycles. The van der Waals surface area contributed by atoms with Gasteiger partial charge in [0.2, 0.25) is 5.88 Å². The van der Waals surface area contributed by atoms with Gasteiger partial charge in [-0.25, -0.2) is 4.98 Å². The SMILES string of the molecule is COc1ncccc1C1(O)CC1C. The van der Waals surface area contributed by atoms with Gasteiger partial charge in [-0.1, -0.05) is 6.92 Å². The number of aromatic nitrogens is 1. The Morgan fingerprint density at radius 3 is 2.92 bits per heavy atom. The molecule has 1 aliphatic carbocycles. The molecule has 1 aromatic rings. The summed E-state index contributed by atoms with van der Waals surface area (Å²) in [7, 11) is 1.57. The van der Waals surface area contributed by atoms with Crippen LogP contribution in [-0.4, -0.2) is 17.2 Å². The van der Waals surface area contributed by atoms with Gasteiger partial charge in [-0.3, -0.25) is 0 Å². The number of hydrogen-bond donors (Lipinski definition) is 1. The highest BCUT2D eigenvalue weighted by Crippen LogP contribution is 2.53. The Labute approximate surface area is 77.4 Å². The summed E-state index contributed by atoms with van der Waals surface area (Å²) in [5, 5.41) is 10.1. The monoisotopic (exact) mass is 179 g/mol. The van der Waals surface area contributed by atoms with Gasteiger partial charge < -0.3 is 9.84 Å². The number of rotatable bonds is 2. The summed E-state index contributed by atoms with van der Waals surface area (Å²) in [4.78, 5) is 4.06. The second-order valence-corrected chi connectivity index (χ2v) is 3.59. The molecular weight excluding hydrogens is 166 g/mol. The first-order valence-corrected chi connectivity index (χ1v) is 4.40. The largest absolute Gasteiger partial charge is 0.481 e. The van der Waals surface area contributed by atoms with E-state index in [2.05, 4.69) is 4.98 Å². The van der Waals surface area contributed by atoms with Crippen molar-refractivity contribution in [3.8, 4) is 5.88 Å². The molecule has 1 aromatic heterocycles. The molecule has 0 bridgehead atoms. The van der Waals surface area contributed by atoms with E-state index in [9.17, 15) is 5.11 Å². The van der Waals surface area contributed by atoms with E-state index < -0.39 is 5.60 Å². The van der Waals surface area contributed by atoms with Gasteiger partial charge in [0, 0.05) is 11.8 Å². The molecule has 0 aromatic carbocycles. The fraction of sp³-hybridized carbons (Fsp3) is 0.500. The Kier molecular flexibility index (Phi) is 1.77. The van der Waals surface area contributed by atoms with Crippen LogP contribution in [0.5, 0.6) is 5.88 Å². The van der Waals surface area contributed by atoms with Crippen molar-refractivity contribution in [2.45, 2.75) is 18.9 Å². The third-order valence-electron chi connectivity index (χ3n) is 2.70. The molecule has 3 heteroatoms. The first-order valence-electron chi connectivity index (χ1n) is 4.40. The van der Waals surface area contributed by atoms with Crippen molar-refractivity contribution >= 4 is 0 Å². The lowest BCUT2D eigenvalue weighted by molar-refractivity contribution is 0.130. The smallest absolute Gasteiger partial charge is 0.219 e. The van der Waals surface area contributed by atoms with E-state index in [-0.39, 0.29) is 0 Å². The molecule has 3 nitrogen and oxygen atoms in total. The lowest BCUT2D eigenvalue weighted by Gasteiger charge is -2.12. The Morgan fingerprint density at radius 2 is 2.38 bits per heavy atom.